The molecule has 0 spiro atoms. The third kappa shape index (κ3) is 2.42. The summed E-state index contributed by atoms with van der Waals surface area (Å²) in [4.78, 5) is 10.1. The molecule has 0 aliphatic carbocycles. The normalized spacial score (nSPS) is 12.2. The van der Waals surface area contributed by atoms with Crippen LogP contribution >= 0.6 is 0 Å². The van der Waals surface area contributed by atoms with E-state index in [1.54, 1.807) is 6.07 Å². The Morgan fingerprint density at radius 3 is 2.80 bits per heavy atom. The van der Waals surface area contributed by atoms with Gasteiger partial charge < -0.3 is 15.6 Å². The van der Waals surface area contributed by atoms with Crippen molar-refractivity contribution in [3.05, 3.63) is 33.9 Å². The lowest BCUT2D eigenvalue weighted by Gasteiger charge is -2.09. The molecule has 82 valence electrons. The van der Waals surface area contributed by atoms with Gasteiger partial charge in [0.15, 0.2) is 5.75 Å². The lowest BCUT2D eigenvalue weighted by atomic mass is 10.1. The second kappa shape index (κ2) is 4.72. The SMILES string of the molecule is COc1ccc([C@H](N)CO)cc1[N+](=O)[O-]. The van der Waals surface area contributed by atoms with Gasteiger partial charge in [-0.1, -0.05) is 6.07 Å². The van der Waals surface area contributed by atoms with Gasteiger partial charge in [-0.3, -0.25) is 10.1 Å². The Bertz CT molecular complexity index is 367. The number of methoxy groups -OCH3 is 1. The van der Waals surface area contributed by atoms with E-state index in [0.29, 0.717) is 5.56 Å². The zero-order valence-electron chi connectivity index (χ0n) is 8.21. The lowest BCUT2D eigenvalue weighted by molar-refractivity contribution is -0.385. The van der Waals surface area contributed by atoms with Crippen molar-refractivity contribution < 1.29 is 14.8 Å². The molecular formula is C9H12N2O4. The molecule has 1 rings (SSSR count). The molecule has 3 N–H and O–H groups in total. The lowest BCUT2D eigenvalue weighted by Crippen LogP contribution is -2.14. The van der Waals surface area contributed by atoms with Crippen LogP contribution in [0.5, 0.6) is 5.75 Å². The van der Waals surface area contributed by atoms with Gasteiger partial charge in [0.1, 0.15) is 0 Å². The second-order valence-corrected chi connectivity index (χ2v) is 2.98. The van der Waals surface area contributed by atoms with Gasteiger partial charge in [0, 0.05) is 6.07 Å². The van der Waals surface area contributed by atoms with E-state index in [4.69, 9.17) is 15.6 Å². The molecule has 0 aliphatic heterocycles. The summed E-state index contributed by atoms with van der Waals surface area (Å²) in [6.45, 7) is -0.260. The molecule has 0 aromatic heterocycles. The first-order valence-electron chi connectivity index (χ1n) is 4.29. The van der Waals surface area contributed by atoms with Crippen molar-refractivity contribution in [1.82, 2.24) is 0 Å². The number of aliphatic hydroxyl groups is 1. The van der Waals surface area contributed by atoms with Gasteiger partial charge in [-0.25, -0.2) is 0 Å². The molecule has 0 fully saturated rings. The van der Waals surface area contributed by atoms with Crippen LogP contribution < -0.4 is 10.5 Å². The summed E-state index contributed by atoms with van der Waals surface area (Å²) >= 11 is 0. The number of nitrogens with zero attached hydrogens (tertiary/aromatic N) is 1. The molecule has 0 amide bonds. The minimum absolute atomic E-state index is 0.154. The fourth-order valence-corrected chi connectivity index (χ4v) is 1.19. The number of nitro benzene ring substituents is 1. The monoisotopic (exact) mass is 212 g/mol. The molecule has 0 aliphatic rings. The first-order valence-corrected chi connectivity index (χ1v) is 4.29. The van der Waals surface area contributed by atoms with Gasteiger partial charge in [0.05, 0.1) is 24.7 Å². The smallest absolute Gasteiger partial charge is 0.311 e. The Labute approximate surface area is 86.4 Å². The van der Waals surface area contributed by atoms with Gasteiger partial charge in [-0.15, -0.1) is 0 Å². The zero-order chi connectivity index (χ0) is 11.4. The molecule has 0 heterocycles. The summed E-state index contributed by atoms with van der Waals surface area (Å²) < 4.78 is 4.83. The van der Waals surface area contributed by atoms with Crippen LogP contribution in [0.4, 0.5) is 5.69 Å². The topological polar surface area (TPSA) is 98.6 Å². The number of rotatable bonds is 4. The Balaban J connectivity index is 3.16. The van der Waals surface area contributed by atoms with E-state index in [-0.39, 0.29) is 18.0 Å². The van der Waals surface area contributed by atoms with Crippen molar-refractivity contribution in [3.63, 3.8) is 0 Å². The van der Waals surface area contributed by atoms with E-state index >= 15 is 0 Å². The second-order valence-electron chi connectivity index (χ2n) is 2.98. The summed E-state index contributed by atoms with van der Waals surface area (Å²) in [5.41, 5.74) is 5.89. The Kier molecular flexibility index (Phi) is 3.59. The minimum Gasteiger partial charge on any atom is -0.490 e. The number of hydrogen-bond donors (Lipinski definition) is 2. The average molecular weight is 212 g/mol. The molecule has 6 heteroatoms. The van der Waals surface area contributed by atoms with Crippen molar-refractivity contribution in [2.75, 3.05) is 13.7 Å². The highest BCUT2D eigenvalue weighted by atomic mass is 16.6. The number of aliphatic hydroxyl groups excluding tert-OH is 1. The van der Waals surface area contributed by atoms with Gasteiger partial charge in [0.25, 0.3) is 0 Å². The minimum atomic E-state index is -0.616. The van der Waals surface area contributed by atoms with E-state index in [2.05, 4.69) is 0 Å². The third-order valence-electron chi connectivity index (χ3n) is 2.02. The van der Waals surface area contributed by atoms with Crippen molar-refractivity contribution in [2.24, 2.45) is 5.73 Å². The summed E-state index contributed by atoms with van der Waals surface area (Å²) in [6.07, 6.45) is 0. The predicted octanol–water partition coefficient (Wildman–Crippen LogP) is 0.595. The number of nitrogens with two attached hydrogens (primary N) is 1. The van der Waals surface area contributed by atoms with Crippen LogP contribution in [-0.4, -0.2) is 23.7 Å². The van der Waals surface area contributed by atoms with Crippen LogP contribution in [0.25, 0.3) is 0 Å². The summed E-state index contributed by atoms with van der Waals surface area (Å²) in [7, 11) is 1.36. The largest absolute Gasteiger partial charge is 0.490 e. The quantitative estimate of drug-likeness (QED) is 0.562. The molecule has 0 saturated heterocycles. The first kappa shape index (κ1) is 11.4. The van der Waals surface area contributed by atoms with E-state index < -0.39 is 11.0 Å². The Hall–Kier alpha value is -1.66. The molecule has 0 radical (unpaired) electrons. The fourth-order valence-electron chi connectivity index (χ4n) is 1.19. The van der Waals surface area contributed by atoms with E-state index in [0.717, 1.165) is 0 Å². The van der Waals surface area contributed by atoms with Crippen LogP contribution in [0.2, 0.25) is 0 Å². The maximum atomic E-state index is 10.7. The van der Waals surface area contributed by atoms with E-state index in [9.17, 15) is 10.1 Å². The van der Waals surface area contributed by atoms with Crippen LogP contribution in [0.3, 0.4) is 0 Å². The predicted molar refractivity (Wildman–Crippen MR) is 53.7 cm³/mol. The van der Waals surface area contributed by atoms with Crippen molar-refractivity contribution in [3.8, 4) is 5.75 Å². The van der Waals surface area contributed by atoms with Gasteiger partial charge in [0.2, 0.25) is 0 Å². The molecule has 0 unspecified atom stereocenters. The molecule has 15 heavy (non-hydrogen) atoms. The first-order chi connectivity index (χ1) is 7.10. The maximum absolute atomic E-state index is 10.7. The van der Waals surface area contributed by atoms with E-state index in [1.165, 1.54) is 19.2 Å². The summed E-state index contributed by atoms with van der Waals surface area (Å²) in [6, 6.07) is 3.74. The third-order valence-corrected chi connectivity index (χ3v) is 2.02. The van der Waals surface area contributed by atoms with Crippen LogP contribution in [0.1, 0.15) is 11.6 Å². The molecule has 1 aromatic carbocycles. The standard InChI is InChI=1S/C9H12N2O4/c1-15-9-3-2-6(7(10)5-12)4-8(9)11(13)14/h2-4,7,12H,5,10H2,1H3/t7-/m1/s1. The van der Waals surface area contributed by atoms with Crippen LogP contribution in [-0.2, 0) is 0 Å². The highest BCUT2D eigenvalue weighted by molar-refractivity contribution is 5.49. The van der Waals surface area contributed by atoms with Gasteiger partial charge >= 0.3 is 5.69 Å². The molecule has 1 aromatic rings. The molecule has 1 atom stereocenters. The van der Waals surface area contributed by atoms with Gasteiger partial charge in [-0.2, -0.15) is 0 Å². The van der Waals surface area contributed by atoms with Crippen molar-refractivity contribution >= 4 is 5.69 Å². The van der Waals surface area contributed by atoms with Crippen LogP contribution in [0, 0.1) is 10.1 Å². The maximum Gasteiger partial charge on any atom is 0.311 e. The zero-order valence-corrected chi connectivity index (χ0v) is 8.21. The van der Waals surface area contributed by atoms with Crippen molar-refractivity contribution in [2.45, 2.75) is 6.04 Å². The number of nitro groups is 1. The van der Waals surface area contributed by atoms with Gasteiger partial charge in [-0.05, 0) is 11.6 Å². The van der Waals surface area contributed by atoms with E-state index in [1.807, 2.05) is 0 Å². The Morgan fingerprint density at radius 1 is 1.67 bits per heavy atom. The number of hydrogen-bond acceptors (Lipinski definition) is 5. The Morgan fingerprint density at radius 2 is 2.33 bits per heavy atom. The molecular weight excluding hydrogens is 200 g/mol. The average Bonchev–Trinajstić information content (AvgIpc) is 2.27. The van der Waals surface area contributed by atoms with Crippen molar-refractivity contribution in [1.29, 1.82) is 0 Å². The van der Waals surface area contributed by atoms with Crippen LogP contribution in [0.15, 0.2) is 18.2 Å². The molecule has 6 nitrogen and oxygen atoms in total. The highest BCUT2D eigenvalue weighted by Crippen LogP contribution is 2.29. The number of ether oxygens (including phenoxy) is 1. The summed E-state index contributed by atoms with van der Waals surface area (Å²) in [5.74, 6) is 0.175. The number of benzene rings is 1. The summed E-state index contributed by atoms with van der Waals surface area (Å²) in [5, 5.41) is 19.5. The fraction of sp³-hybridized carbons (Fsp3) is 0.333. The highest BCUT2D eigenvalue weighted by Gasteiger charge is 2.17. The molecule has 0 bridgehead atoms. The molecule has 0 saturated carbocycles.